The average molecular weight is 192 g/mol. The maximum Gasteiger partial charge on any atom is 0.124 e. The van der Waals surface area contributed by atoms with Crippen molar-refractivity contribution >= 4 is 45.0 Å². The van der Waals surface area contributed by atoms with Crippen LogP contribution in [0.3, 0.4) is 0 Å². The van der Waals surface area contributed by atoms with E-state index in [1.165, 1.54) is 16.3 Å². The summed E-state index contributed by atoms with van der Waals surface area (Å²) < 4.78 is 0. The first-order valence-corrected chi connectivity index (χ1v) is 5.33. The summed E-state index contributed by atoms with van der Waals surface area (Å²) in [4.78, 5) is -0.398. The highest BCUT2D eigenvalue weighted by Crippen LogP contribution is 2.17. The van der Waals surface area contributed by atoms with Crippen LogP contribution in [0.15, 0.2) is 0 Å². The zero-order valence-electron chi connectivity index (χ0n) is 4.70. The fourth-order valence-electron chi connectivity index (χ4n) is 0.402. The highest BCUT2D eigenvalue weighted by molar-refractivity contribution is 6.48. The molecule has 0 saturated carbocycles. The van der Waals surface area contributed by atoms with Gasteiger partial charge in [-0.05, 0) is 6.42 Å². The Morgan fingerprint density at radius 1 is 1.25 bits per heavy atom. The van der Waals surface area contributed by atoms with Crippen LogP contribution in [0, 0.1) is 0 Å². The quantitative estimate of drug-likeness (QED) is 0.469. The Kier molecular flexibility index (Phi) is 5.59. The van der Waals surface area contributed by atoms with Crippen LogP contribution in [0.25, 0.3) is 0 Å². The normalized spacial score (nSPS) is 15.0. The first kappa shape index (κ1) is 9.09. The topological polar surface area (TPSA) is 0 Å². The molecule has 0 aliphatic carbocycles. The zero-order chi connectivity index (χ0) is 6.57. The molecule has 1 atom stereocenters. The molecule has 0 radical (unpaired) electrons. The van der Waals surface area contributed by atoms with E-state index in [4.69, 9.17) is 34.8 Å². The summed E-state index contributed by atoms with van der Waals surface area (Å²) in [5.74, 6) is 0. The third-order valence-corrected chi connectivity index (χ3v) is 2.75. The number of hydrogen-bond donors (Lipinski definition) is 0. The minimum absolute atomic E-state index is 0.0455. The van der Waals surface area contributed by atoms with E-state index in [9.17, 15) is 0 Å². The number of alkyl halides is 3. The van der Waals surface area contributed by atoms with Crippen LogP contribution < -0.4 is 0 Å². The molecule has 0 aliphatic rings. The van der Waals surface area contributed by atoms with Gasteiger partial charge >= 0.3 is 0 Å². The molecule has 0 N–H and O–H groups in total. The molecule has 0 spiro atoms. The average Bonchev–Trinajstić information content (AvgIpc) is 1.67. The minimum Gasteiger partial charge on any atom is -0.120 e. The first-order valence-electron chi connectivity index (χ1n) is 2.60. The Balaban J connectivity index is 3.17. The third kappa shape index (κ3) is 4.01. The SMILES string of the molecule is [SiH3]CCC(Cl)C(Cl)Cl. The lowest BCUT2D eigenvalue weighted by atomic mass is 10.4. The van der Waals surface area contributed by atoms with Crippen molar-refractivity contribution in [2.24, 2.45) is 0 Å². The molecule has 0 nitrogen and oxygen atoms in total. The molecular weight excluding hydrogens is 182 g/mol. The molecule has 0 rings (SSSR count). The lowest BCUT2D eigenvalue weighted by molar-refractivity contribution is 0.867. The van der Waals surface area contributed by atoms with E-state index >= 15 is 0 Å². The highest BCUT2D eigenvalue weighted by Gasteiger charge is 2.10. The number of rotatable bonds is 3. The first-order chi connectivity index (χ1) is 3.68. The van der Waals surface area contributed by atoms with Crippen molar-refractivity contribution in [2.45, 2.75) is 22.7 Å². The molecule has 8 heavy (non-hydrogen) atoms. The molecule has 0 aliphatic heterocycles. The summed E-state index contributed by atoms with van der Waals surface area (Å²) in [5.41, 5.74) is 0. The maximum atomic E-state index is 5.67. The molecule has 0 heterocycles. The molecule has 0 amide bonds. The van der Waals surface area contributed by atoms with Crippen LogP contribution in [0.1, 0.15) is 6.42 Å². The van der Waals surface area contributed by atoms with Gasteiger partial charge in [0.1, 0.15) is 4.84 Å². The van der Waals surface area contributed by atoms with Crippen molar-refractivity contribution in [3.8, 4) is 0 Å². The predicted octanol–water partition coefficient (Wildman–Crippen LogP) is 1.57. The molecule has 0 aromatic carbocycles. The second kappa shape index (κ2) is 4.92. The van der Waals surface area contributed by atoms with Crippen LogP contribution in [-0.2, 0) is 0 Å². The molecule has 50 valence electrons. The van der Waals surface area contributed by atoms with Gasteiger partial charge in [-0.3, -0.25) is 0 Å². The van der Waals surface area contributed by atoms with E-state index < -0.39 is 4.84 Å². The lowest BCUT2D eigenvalue weighted by Crippen LogP contribution is -2.07. The fraction of sp³-hybridized carbons (Fsp3) is 1.00. The standard InChI is InChI=1S/C4H9Cl3Si/c5-3(1-2-8)4(6)7/h3-4H,1-2H2,8H3. The van der Waals surface area contributed by atoms with Crippen molar-refractivity contribution in [1.82, 2.24) is 0 Å². The predicted molar refractivity (Wildman–Crippen MR) is 44.5 cm³/mol. The lowest BCUT2D eigenvalue weighted by Gasteiger charge is -2.06. The van der Waals surface area contributed by atoms with Gasteiger partial charge in [-0.2, -0.15) is 0 Å². The molecule has 0 saturated heterocycles. The van der Waals surface area contributed by atoms with Crippen molar-refractivity contribution in [1.29, 1.82) is 0 Å². The Morgan fingerprint density at radius 2 is 1.75 bits per heavy atom. The molecule has 0 bridgehead atoms. The summed E-state index contributed by atoms with van der Waals surface area (Å²) >= 11 is 16.6. The molecule has 1 unspecified atom stereocenters. The number of hydrogen-bond acceptors (Lipinski definition) is 0. The molecule has 0 aromatic rings. The summed E-state index contributed by atoms with van der Waals surface area (Å²) in [6, 6.07) is 1.17. The second-order valence-corrected chi connectivity index (χ2v) is 4.36. The minimum atomic E-state index is -0.398. The van der Waals surface area contributed by atoms with E-state index in [1.54, 1.807) is 0 Å². The van der Waals surface area contributed by atoms with Crippen molar-refractivity contribution in [2.75, 3.05) is 0 Å². The second-order valence-electron chi connectivity index (χ2n) is 1.64. The van der Waals surface area contributed by atoms with Gasteiger partial charge in [-0.1, -0.05) is 6.04 Å². The van der Waals surface area contributed by atoms with Gasteiger partial charge in [0.2, 0.25) is 0 Å². The van der Waals surface area contributed by atoms with Crippen LogP contribution in [0.5, 0.6) is 0 Å². The zero-order valence-corrected chi connectivity index (χ0v) is 8.97. The van der Waals surface area contributed by atoms with Gasteiger partial charge in [0.05, 0.1) is 5.38 Å². The smallest absolute Gasteiger partial charge is 0.120 e. The Morgan fingerprint density at radius 3 is 1.88 bits per heavy atom. The van der Waals surface area contributed by atoms with Gasteiger partial charge in [0, 0.05) is 10.2 Å². The van der Waals surface area contributed by atoms with E-state index in [1.807, 2.05) is 0 Å². The Labute approximate surface area is 67.9 Å². The molecule has 0 aromatic heterocycles. The van der Waals surface area contributed by atoms with Gasteiger partial charge < -0.3 is 0 Å². The Bertz CT molecular complexity index is 57.2. The van der Waals surface area contributed by atoms with Gasteiger partial charge in [0.25, 0.3) is 0 Å². The fourth-order valence-corrected chi connectivity index (χ4v) is 1.86. The van der Waals surface area contributed by atoms with Gasteiger partial charge in [0.15, 0.2) is 0 Å². The van der Waals surface area contributed by atoms with Gasteiger partial charge in [-0.15, -0.1) is 34.8 Å². The van der Waals surface area contributed by atoms with E-state index in [0.29, 0.717) is 0 Å². The van der Waals surface area contributed by atoms with Crippen molar-refractivity contribution in [3.63, 3.8) is 0 Å². The van der Waals surface area contributed by atoms with Crippen molar-refractivity contribution in [3.05, 3.63) is 0 Å². The van der Waals surface area contributed by atoms with E-state index in [0.717, 1.165) is 6.42 Å². The summed E-state index contributed by atoms with van der Waals surface area (Å²) in [6.45, 7) is 0. The largest absolute Gasteiger partial charge is 0.124 e. The van der Waals surface area contributed by atoms with Crippen LogP contribution in [0.2, 0.25) is 6.04 Å². The monoisotopic (exact) mass is 190 g/mol. The molecule has 4 heteroatoms. The van der Waals surface area contributed by atoms with Crippen LogP contribution in [0.4, 0.5) is 0 Å². The third-order valence-electron chi connectivity index (χ3n) is 0.838. The van der Waals surface area contributed by atoms with E-state index in [2.05, 4.69) is 0 Å². The summed E-state index contributed by atoms with van der Waals surface area (Å²) in [7, 11) is 1.18. The Hall–Kier alpha value is 1.09. The van der Waals surface area contributed by atoms with Crippen molar-refractivity contribution < 1.29 is 0 Å². The molecule has 0 fully saturated rings. The summed E-state index contributed by atoms with van der Waals surface area (Å²) in [6.07, 6.45) is 0.950. The van der Waals surface area contributed by atoms with E-state index in [-0.39, 0.29) is 5.38 Å². The maximum absolute atomic E-state index is 5.67. The summed E-state index contributed by atoms with van der Waals surface area (Å²) in [5, 5.41) is -0.0455. The number of halogens is 3. The van der Waals surface area contributed by atoms with Gasteiger partial charge in [-0.25, -0.2) is 0 Å². The van der Waals surface area contributed by atoms with Crippen LogP contribution >= 0.6 is 34.8 Å². The molecular formula is C4H9Cl3Si. The van der Waals surface area contributed by atoms with Crippen LogP contribution in [-0.4, -0.2) is 20.5 Å². The highest BCUT2D eigenvalue weighted by atomic mass is 35.5.